The molecule has 0 saturated heterocycles. The van der Waals surface area contributed by atoms with Gasteiger partial charge in [-0.25, -0.2) is 13.1 Å². The van der Waals surface area contributed by atoms with E-state index in [1.165, 1.54) is 11.3 Å². The molecule has 0 saturated carbocycles. The first-order valence-corrected chi connectivity index (χ1v) is 9.55. The van der Waals surface area contributed by atoms with E-state index in [-0.39, 0.29) is 6.54 Å². The molecule has 0 bridgehead atoms. The fraction of sp³-hybridized carbons (Fsp3) is 0.286. The molecule has 1 heterocycles. The lowest BCUT2D eigenvalue weighted by Crippen LogP contribution is -2.23. The molecule has 0 fully saturated rings. The topological polar surface area (TPSA) is 58.2 Å². The Hall–Kier alpha value is -0.730. The van der Waals surface area contributed by atoms with Crippen molar-refractivity contribution < 1.29 is 8.42 Å². The van der Waals surface area contributed by atoms with Crippen molar-refractivity contribution in [3.63, 3.8) is 0 Å². The van der Waals surface area contributed by atoms with Crippen LogP contribution in [0, 0.1) is 6.92 Å². The summed E-state index contributed by atoms with van der Waals surface area (Å²) in [5.74, 6) is 0. The Bertz CT molecular complexity index is 726. The summed E-state index contributed by atoms with van der Waals surface area (Å²) in [6.45, 7) is 2.90. The zero-order chi connectivity index (χ0) is 15.5. The SMILES string of the molecule is CNCc1cc(S(=O)(=O)NCc2sccc2Br)ccc1C. The molecule has 1 aromatic carbocycles. The van der Waals surface area contributed by atoms with Gasteiger partial charge in [0, 0.05) is 22.4 Å². The summed E-state index contributed by atoms with van der Waals surface area (Å²) < 4.78 is 28.3. The van der Waals surface area contributed by atoms with Crippen molar-refractivity contribution in [1.82, 2.24) is 10.0 Å². The first-order valence-electron chi connectivity index (χ1n) is 6.39. The quantitative estimate of drug-likeness (QED) is 0.799. The van der Waals surface area contributed by atoms with Gasteiger partial charge in [-0.3, -0.25) is 0 Å². The van der Waals surface area contributed by atoms with Crippen molar-refractivity contribution in [1.29, 1.82) is 0 Å². The van der Waals surface area contributed by atoms with Crippen molar-refractivity contribution in [2.45, 2.75) is 24.9 Å². The van der Waals surface area contributed by atoms with Crippen LogP contribution in [0.5, 0.6) is 0 Å². The van der Waals surface area contributed by atoms with E-state index < -0.39 is 10.0 Å². The number of aryl methyl sites for hydroxylation is 1. The summed E-state index contributed by atoms with van der Waals surface area (Å²) in [4.78, 5) is 1.26. The number of sulfonamides is 1. The van der Waals surface area contributed by atoms with Gasteiger partial charge in [0.15, 0.2) is 0 Å². The first kappa shape index (κ1) is 16.6. The fourth-order valence-electron chi connectivity index (χ4n) is 1.89. The highest BCUT2D eigenvalue weighted by Crippen LogP contribution is 2.23. The lowest BCUT2D eigenvalue weighted by molar-refractivity contribution is 0.581. The number of nitrogens with one attached hydrogen (secondary N) is 2. The van der Waals surface area contributed by atoms with Crippen LogP contribution in [0.2, 0.25) is 0 Å². The maximum absolute atomic E-state index is 12.4. The Kier molecular flexibility index (Phi) is 5.56. The predicted molar refractivity (Wildman–Crippen MR) is 90.0 cm³/mol. The van der Waals surface area contributed by atoms with Crippen molar-refractivity contribution in [2.75, 3.05) is 7.05 Å². The normalized spacial score (nSPS) is 11.8. The summed E-state index contributed by atoms with van der Waals surface area (Å²) in [6, 6.07) is 7.10. The van der Waals surface area contributed by atoms with Crippen molar-refractivity contribution >= 4 is 37.3 Å². The first-order chi connectivity index (χ1) is 9.94. The van der Waals surface area contributed by atoms with Gasteiger partial charge in [0.2, 0.25) is 10.0 Å². The molecule has 0 aliphatic rings. The molecule has 2 rings (SSSR count). The minimum absolute atomic E-state index is 0.288. The van der Waals surface area contributed by atoms with Crippen LogP contribution in [0.3, 0.4) is 0 Å². The van der Waals surface area contributed by atoms with E-state index in [0.717, 1.165) is 20.5 Å². The van der Waals surface area contributed by atoms with Crippen LogP contribution < -0.4 is 10.0 Å². The highest BCUT2D eigenvalue weighted by Gasteiger charge is 2.16. The van der Waals surface area contributed by atoms with Gasteiger partial charge in [-0.1, -0.05) is 6.07 Å². The Morgan fingerprint density at radius 3 is 2.62 bits per heavy atom. The highest BCUT2D eigenvalue weighted by molar-refractivity contribution is 9.10. The van der Waals surface area contributed by atoms with Gasteiger partial charge in [0.05, 0.1) is 4.90 Å². The number of benzene rings is 1. The summed E-state index contributed by atoms with van der Waals surface area (Å²) in [5, 5.41) is 4.97. The number of hydrogen-bond donors (Lipinski definition) is 2. The van der Waals surface area contributed by atoms with Crippen LogP contribution in [0.4, 0.5) is 0 Å². The molecule has 1 aromatic heterocycles. The largest absolute Gasteiger partial charge is 0.316 e. The van der Waals surface area contributed by atoms with Gasteiger partial charge in [-0.05, 0) is 64.6 Å². The summed E-state index contributed by atoms with van der Waals surface area (Å²) in [5.41, 5.74) is 2.06. The molecule has 0 spiro atoms. The minimum atomic E-state index is -3.50. The molecule has 0 aliphatic carbocycles. The summed E-state index contributed by atoms with van der Waals surface area (Å²) >= 11 is 4.91. The standard InChI is InChI=1S/C14H17BrN2O2S2/c1-10-3-4-12(7-11(10)8-16-2)21(18,19)17-9-14-13(15)5-6-20-14/h3-7,16-17H,8-9H2,1-2H3. The maximum atomic E-state index is 12.4. The molecule has 2 aromatic rings. The van der Waals surface area contributed by atoms with Crippen molar-refractivity contribution in [3.05, 3.63) is 50.1 Å². The van der Waals surface area contributed by atoms with Crippen molar-refractivity contribution in [3.8, 4) is 0 Å². The third-order valence-electron chi connectivity index (χ3n) is 3.11. The number of halogens is 1. The Morgan fingerprint density at radius 2 is 2.00 bits per heavy atom. The van der Waals surface area contributed by atoms with Gasteiger partial charge in [-0.2, -0.15) is 0 Å². The number of thiophene rings is 1. The number of hydrogen-bond acceptors (Lipinski definition) is 4. The zero-order valence-corrected chi connectivity index (χ0v) is 15.0. The average Bonchev–Trinajstić information content (AvgIpc) is 2.85. The number of rotatable bonds is 6. The van der Waals surface area contributed by atoms with Gasteiger partial charge < -0.3 is 5.32 Å². The van der Waals surface area contributed by atoms with Gasteiger partial charge in [0.1, 0.15) is 0 Å². The lowest BCUT2D eigenvalue weighted by atomic mass is 10.1. The molecule has 7 heteroatoms. The fourth-order valence-corrected chi connectivity index (χ4v) is 4.46. The molecular formula is C14H17BrN2O2S2. The maximum Gasteiger partial charge on any atom is 0.240 e. The Labute approximate surface area is 137 Å². The van der Waals surface area contributed by atoms with E-state index in [1.807, 2.05) is 31.5 Å². The molecule has 114 valence electrons. The van der Waals surface area contributed by atoms with Crippen LogP contribution in [-0.2, 0) is 23.1 Å². The molecule has 21 heavy (non-hydrogen) atoms. The van der Waals surface area contributed by atoms with Crippen LogP contribution in [0.15, 0.2) is 39.0 Å². The molecular weight excluding hydrogens is 372 g/mol. The Balaban J connectivity index is 2.19. The molecule has 0 radical (unpaired) electrons. The zero-order valence-electron chi connectivity index (χ0n) is 11.8. The molecule has 0 unspecified atom stereocenters. The smallest absolute Gasteiger partial charge is 0.240 e. The second-order valence-corrected chi connectivity index (χ2v) is 8.26. The molecule has 0 amide bonds. The van der Waals surface area contributed by atoms with E-state index in [4.69, 9.17) is 0 Å². The minimum Gasteiger partial charge on any atom is -0.316 e. The molecule has 0 atom stereocenters. The van der Waals surface area contributed by atoms with E-state index in [1.54, 1.807) is 12.1 Å². The third kappa shape index (κ3) is 4.14. The predicted octanol–water partition coefficient (Wildman–Crippen LogP) is 3.02. The van der Waals surface area contributed by atoms with Crippen molar-refractivity contribution in [2.24, 2.45) is 0 Å². The van der Waals surface area contributed by atoms with E-state index in [0.29, 0.717) is 11.4 Å². The second kappa shape index (κ2) is 7.02. The van der Waals surface area contributed by atoms with E-state index in [9.17, 15) is 8.42 Å². The summed E-state index contributed by atoms with van der Waals surface area (Å²) in [7, 11) is -1.66. The molecule has 0 aliphatic heterocycles. The lowest BCUT2D eigenvalue weighted by Gasteiger charge is -2.10. The van der Waals surface area contributed by atoms with Crippen LogP contribution in [0.25, 0.3) is 0 Å². The summed E-state index contributed by atoms with van der Waals surface area (Å²) in [6.07, 6.45) is 0. The average molecular weight is 389 g/mol. The monoisotopic (exact) mass is 388 g/mol. The van der Waals surface area contributed by atoms with Crippen LogP contribution >= 0.6 is 27.3 Å². The van der Waals surface area contributed by atoms with E-state index in [2.05, 4.69) is 26.0 Å². The Morgan fingerprint density at radius 1 is 1.24 bits per heavy atom. The molecule has 4 nitrogen and oxygen atoms in total. The van der Waals surface area contributed by atoms with Crippen LogP contribution in [-0.4, -0.2) is 15.5 Å². The third-order valence-corrected chi connectivity index (χ3v) is 6.44. The van der Waals surface area contributed by atoms with E-state index >= 15 is 0 Å². The second-order valence-electron chi connectivity index (χ2n) is 4.63. The molecule has 2 N–H and O–H groups in total. The highest BCUT2D eigenvalue weighted by atomic mass is 79.9. The van der Waals surface area contributed by atoms with Crippen LogP contribution in [0.1, 0.15) is 16.0 Å². The van der Waals surface area contributed by atoms with Gasteiger partial charge in [-0.15, -0.1) is 11.3 Å². The van der Waals surface area contributed by atoms with Gasteiger partial charge >= 0.3 is 0 Å². The van der Waals surface area contributed by atoms with Gasteiger partial charge in [0.25, 0.3) is 0 Å².